The van der Waals surface area contributed by atoms with Gasteiger partial charge in [0.05, 0.1) is 0 Å². The van der Waals surface area contributed by atoms with Gasteiger partial charge in [0.25, 0.3) is 0 Å². The highest BCUT2D eigenvalue weighted by atomic mass is 15.2. The van der Waals surface area contributed by atoms with Crippen molar-refractivity contribution < 1.29 is 0 Å². The second kappa shape index (κ2) is 5.13. The summed E-state index contributed by atoms with van der Waals surface area (Å²) in [6, 6.07) is 0.701. The van der Waals surface area contributed by atoms with Crippen molar-refractivity contribution in [2.24, 2.45) is 5.92 Å². The van der Waals surface area contributed by atoms with Gasteiger partial charge >= 0.3 is 0 Å². The largest absolute Gasteiger partial charge is 0.312 e. The van der Waals surface area contributed by atoms with Crippen molar-refractivity contribution in [1.82, 2.24) is 10.2 Å². The summed E-state index contributed by atoms with van der Waals surface area (Å²) < 4.78 is 0. The average Bonchev–Trinajstić information content (AvgIpc) is 2.19. The molecule has 2 heteroatoms. The quantitative estimate of drug-likeness (QED) is 0.725. The monoisotopic (exact) mass is 196 g/mol. The highest BCUT2D eigenvalue weighted by Crippen LogP contribution is 2.24. The minimum absolute atomic E-state index is 0.701. The normalized spacial score (nSPS) is 31.9. The third kappa shape index (κ3) is 2.96. The molecule has 14 heavy (non-hydrogen) atoms. The highest BCUT2D eigenvalue weighted by Gasteiger charge is 2.20. The van der Waals surface area contributed by atoms with Gasteiger partial charge in [-0.3, -0.25) is 0 Å². The first-order chi connectivity index (χ1) is 6.84. The zero-order valence-electron chi connectivity index (χ0n) is 9.47. The van der Waals surface area contributed by atoms with Crippen LogP contribution in [0.1, 0.15) is 39.0 Å². The molecular weight excluding hydrogens is 172 g/mol. The van der Waals surface area contributed by atoms with Gasteiger partial charge in [0.2, 0.25) is 0 Å². The van der Waals surface area contributed by atoms with E-state index in [-0.39, 0.29) is 0 Å². The van der Waals surface area contributed by atoms with Crippen molar-refractivity contribution in [3.63, 3.8) is 0 Å². The molecule has 1 N–H and O–H groups in total. The molecule has 2 aliphatic rings. The standard InChI is InChI=1S/C12H24N2/c1-11-9-14(8-7-13-11)10-12-5-3-2-4-6-12/h11-13H,2-10H2,1H3. The fourth-order valence-electron chi connectivity index (χ4n) is 2.91. The molecule has 1 atom stereocenters. The smallest absolute Gasteiger partial charge is 0.0167 e. The number of hydrogen-bond acceptors (Lipinski definition) is 2. The average molecular weight is 196 g/mol. The molecule has 0 radical (unpaired) electrons. The second-order valence-electron chi connectivity index (χ2n) is 5.12. The SMILES string of the molecule is CC1CN(CC2CCCCC2)CCN1. The maximum Gasteiger partial charge on any atom is 0.0167 e. The summed E-state index contributed by atoms with van der Waals surface area (Å²) in [7, 11) is 0. The van der Waals surface area contributed by atoms with Crippen LogP contribution in [0.5, 0.6) is 0 Å². The Morgan fingerprint density at radius 2 is 2.00 bits per heavy atom. The topological polar surface area (TPSA) is 15.3 Å². The van der Waals surface area contributed by atoms with Gasteiger partial charge in [-0.15, -0.1) is 0 Å². The van der Waals surface area contributed by atoms with Gasteiger partial charge in [-0.2, -0.15) is 0 Å². The molecule has 0 amide bonds. The first-order valence-electron chi connectivity index (χ1n) is 6.30. The molecule has 1 saturated heterocycles. The number of hydrogen-bond donors (Lipinski definition) is 1. The minimum atomic E-state index is 0.701. The van der Waals surface area contributed by atoms with Crippen LogP contribution in [-0.4, -0.2) is 37.1 Å². The van der Waals surface area contributed by atoms with E-state index in [1.54, 1.807) is 0 Å². The molecule has 1 heterocycles. The Morgan fingerprint density at radius 1 is 1.21 bits per heavy atom. The van der Waals surface area contributed by atoms with Gasteiger partial charge in [0.1, 0.15) is 0 Å². The van der Waals surface area contributed by atoms with E-state index in [1.807, 2.05) is 0 Å². The molecule has 1 unspecified atom stereocenters. The van der Waals surface area contributed by atoms with Crippen molar-refractivity contribution in [3.05, 3.63) is 0 Å². The van der Waals surface area contributed by atoms with Crippen LogP contribution in [0.2, 0.25) is 0 Å². The zero-order valence-corrected chi connectivity index (χ0v) is 9.47. The summed E-state index contributed by atoms with van der Waals surface area (Å²) in [6.45, 7) is 7.38. The van der Waals surface area contributed by atoms with E-state index in [0.29, 0.717) is 6.04 Å². The Morgan fingerprint density at radius 3 is 2.71 bits per heavy atom. The van der Waals surface area contributed by atoms with E-state index < -0.39 is 0 Å². The first-order valence-corrected chi connectivity index (χ1v) is 6.30. The molecule has 0 aromatic rings. The van der Waals surface area contributed by atoms with Crippen LogP contribution in [0.4, 0.5) is 0 Å². The van der Waals surface area contributed by atoms with Crippen LogP contribution < -0.4 is 5.32 Å². The lowest BCUT2D eigenvalue weighted by Crippen LogP contribution is -2.50. The summed E-state index contributed by atoms with van der Waals surface area (Å²) in [5.74, 6) is 1.01. The summed E-state index contributed by atoms with van der Waals surface area (Å²) in [5.41, 5.74) is 0. The molecule has 2 rings (SSSR count). The van der Waals surface area contributed by atoms with Gasteiger partial charge in [-0.1, -0.05) is 19.3 Å². The Kier molecular flexibility index (Phi) is 3.82. The van der Waals surface area contributed by atoms with E-state index in [2.05, 4.69) is 17.1 Å². The van der Waals surface area contributed by atoms with E-state index in [4.69, 9.17) is 0 Å². The summed E-state index contributed by atoms with van der Waals surface area (Å²) in [6.07, 6.45) is 7.41. The van der Waals surface area contributed by atoms with Crippen LogP contribution in [-0.2, 0) is 0 Å². The van der Waals surface area contributed by atoms with Crippen LogP contribution in [0, 0.1) is 5.92 Å². The number of nitrogens with one attached hydrogen (secondary N) is 1. The Bertz CT molecular complexity index is 164. The molecule has 0 aromatic carbocycles. The molecular formula is C12H24N2. The molecule has 1 saturated carbocycles. The van der Waals surface area contributed by atoms with Crippen LogP contribution >= 0.6 is 0 Å². The van der Waals surface area contributed by atoms with Crippen LogP contribution in [0.15, 0.2) is 0 Å². The first kappa shape index (κ1) is 10.4. The number of nitrogens with zero attached hydrogens (tertiary/aromatic N) is 1. The summed E-state index contributed by atoms with van der Waals surface area (Å²) in [5, 5.41) is 3.51. The Balaban J connectivity index is 1.72. The number of piperazine rings is 1. The third-order valence-corrected chi connectivity index (χ3v) is 3.69. The van der Waals surface area contributed by atoms with Gasteiger partial charge < -0.3 is 10.2 Å². The van der Waals surface area contributed by atoms with E-state index in [1.165, 1.54) is 58.3 Å². The van der Waals surface area contributed by atoms with Gasteiger partial charge in [-0.05, 0) is 25.7 Å². The molecule has 1 aliphatic carbocycles. The minimum Gasteiger partial charge on any atom is -0.312 e. The predicted molar refractivity (Wildman–Crippen MR) is 60.5 cm³/mol. The van der Waals surface area contributed by atoms with Crippen LogP contribution in [0.3, 0.4) is 0 Å². The van der Waals surface area contributed by atoms with Crippen molar-refractivity contribution >= 4 is 0 Å². The van der Waals surface area contributed by atoms with E-state index in [0.717, 1.165) is 5.92 Å². The lowest BCUT2D eigenvalue weighted by Gasteiger charge is -2.35. The van der Waals surface area contributed by atoms with Crippen molar-refractivity contribution in [2.45, 2.75) is 45.1 Å². The maximum atomic E-state index is 3.51. The van der Waals surface area contributed by atoms with Crippen molar-refractivity contribution in [1.29, 1.82) is 0 Å². The molecule has 2 nitrogen and oxygen atoms in total. The third-order valence-electron chi connectivity index (χ3n) is 3.69. The molecule has 0 aromatic heterocycles. The Labute approximate surface area is 88.1 Å². The van der Waals surface area contributed by atoms with Crippen molar-refractivity contribution in [3.8, 4) is 0 Å². The molecule has 2 fully saturated rings. The molecule has 0 spiro atoms. The fourth-order valence-corrected chi connectivity index (χ4v) is 2.91. The van der Waals surface area contributed by atoms with Gasteiger partial charge in [0.15, 0.2) is 0 Å². The number of rotatable bonds is 2. The predicted octanol–water partition coefficient (Wildman–Crippen LogP) is 1.86. The van der Waals surface area contributed by atoms with Gasteiger partial charge in [0, 0.05) is 32.2 Å². The highest BCUT2D eigenvalue weighted by molar-refractivity contribution is 4.78. The Hall–Kier alpha value is -0.0800. The summed E-state index contributed by atoms with van der Waals surface area (Å²) >= 11 is 0. The van der Waals surface area contributed by atoms with Gasteiger partial charge in [-0.25, -0.2) is 0 Å². The van der Waals surface area contributed by atoms with E-state index in [9.17, 15) is 0 Å². The molecule has 0 bridgehead atoms. The lowest BCUT2D eigenvalue weighted by molar-refractivity contribution is 0.161. The summed E-state index contributed by atoms with van der Waals surface area (Å²) in [4.78, 5) is 2.66. The van der Waals surface area contributed by atoms with Crippen molar-refractivity contribution in [2.75, 3.05) is 26.2 Å². The lowest BCUT2D eigenvalue weighted by atomic mass is 9.89. The van der Waals surface area contributed by atoms with E-state index >= 15 is 0 Å². The second-order valence-corrected chi connectivity index (χ2v) is 5.12. The maximum absolute atomic E-state index is 3.51. The zero-order chi connectivity index (χ0) is 9.80. The molecule has 1 aliphatic heterocycles. The molecule has 82 valence electrons. The van der Waals surface area contributed by atoms with Crippen LogP contribution in [0.25, 0.3) is 0 Å². The fraction of sp³-hybridized carbons (Fsp3) is 1.00.